The normalized spacial score (nSPS) is 17.3. The van der Waals surface area contributed by atoms with Gasteiger partial charge in [0.15, 0.2) is 0 Å². The Bertz CT molecular complexity index is 643. The van der Waals surface area contributed by atoms with E-state index in [4.69, 9.17) is 5.73 Å². The van der Waals surface area contributed by atoms with Gasteiger partial charge in [-0.25, -0.2) is 0 Å². The van der Waals surface area contributed by atoms with Gasteiger partial charge in [-0.05, 0) is 44.4 Å². The minimum Gasteiger partial charge on any atom is -0.336 e. The van der Waals surface area contributed by atoms with Gasteiger partial charge < -0.3 is 10.6 Å². The van der Waals surface area contributed by atoms with Crippen molar-refractivity contribution in [3.63, 3.8) is 0 Å². The van der Waals surface area contributed by atoms with Gasteiger partial charge in [0.05, 0.1) is 11.1 Å². The van der Waals surface area contributed by atoms with Gasteiger partial charge in [-0.15, -0.1) is 24.8 Å². The lowest BCUT2D eigenvalue weighted by molar-refractivity contribution is 0.0607. The zero-order chi connectivity index (χ0) is 14.7. The SMILES string of the molecule is Cl.Cl.NCCC1CCCCN1C(=O)c1cccc2cccnc12. The molecule has 1 unspecified atom stereocenters. The molecular formula is C17H23Cl2N3O. The lowest BCUT2D eigenvalue weighted by Gasteiger charge is -2.36. The number of likely N-dealkylation sites (tertiary alicyclic amines) is 1. The number of rotatable bonds is 3. The van der Waals surface area contributed by atoms with Crippen molar-refractivity contribution in [3.05, 3.63) is 42.1 Å². The van der Waals surface area contributed by atoms with Gasteiger partial charge in [-0.1, -0.05) is 18.2 Å². The number of para-hydroxylation sites is 1. The molecule has 6 heteroatoms. The number of halogens is 2. The maximum Gasteiger partial charge on any atom is 0.256 e. The van der Waals surface area contributed by atoms with Gasteiger partial charge in [0, 0.05) is 24.2 Å². The monoisotopic (exact) mass is 355 g/mol. The Hall–Kier alpha value is -1.36. The molecule has 1 aromatic heterocycles. The summed E-state index contributed by atoms with van der Waals surface area (Å²) < 4.78 is 0. The third-order valence-corrected chi connectivity index (χ3v) is 4.25. The largest absolute Gasteiger partial charge is 0.336 e. The van der Waals surface area contributed by atoms with Crippen LogP contribution in [0.1, 0.15) is 36.0 Å². The second-order valence-electron chi connectivity index (χ2n) is 5.61. The number of nitrogens with zero attached hydrogens (tertiary/aromatic N) is 2. The van der Waals surface area contributed by atoms with Crippen LogP contribution in [0.15, 0.2) is 36.5 Å². The number of benzene rings is 1. The maximum absolute atomic E-state index is 12.9. The van der Waals surface area contributed by atoms with Crippen molar-refractivity contribution in [2.75, 3.05) is 13.1 Å². The van der Waals surface area contributed by atoms with Crippen LogP contribution in [0.25, 0.3) is 10.9 Å². The molecule has 2 heterocycles. The Morgan fingerprint density at radius 3 is 2.78 bits per heavy atom. The van der Waals surface area contributed by atoms with E-state index < -0.39 is 0 Å². The Morgan fingerprint density at radius 1 is 1.22 bits per heavy atom. The van der Waals surface area contributed by atoms with Gasteiger partial charge in [-0.3, -0.25) is 9.78 Å². The molecule has 0 bridgehead atoms. The molecule has 0 aliphatic carbocycles. The van der Waals surface area contributed by atoms with Gasteiger partial charge in [0.25, 0.3) is 5.91 Å². The summed E-state index contributed by atoms with van der Waals surface area (Å²) in [5.74, 6) is 0.0949. The third kappa shape index (κ3) is 4.14. The lowest BCUT2D eigenvalue weighted by atomic mass is 9.97. The smallest absolute Gasteiger partial charge is 0.256 e. The quantitative estimate of drug-likeness (QED) is 0.917. The highest BCUT2D eigenvalue weighted by Gasteiger charge is 2.27. The minimum absolute atomic E-state index is 0. The van der Waals surface area contributed by atoms with Crippen LogP contribution < -0.4 is 5.73 Å². The molecule has 1 saturated heterocycles. The standard InChI is InChI=1S/C17H21N3O.2ClH/c18-10-9-14-7-1-2-12-20(14)17(21)15-8-3-5-13-6-4-11-19-16(13)15;;/h3-6,8,11,14H,1-2,7,9-10,12,18H2;2*1H. The molecule has 0 radical (unpaired) electrons. The molecule has 1 amide bonds. The molecule has 4 nitrogen and oxygen atoms in total. The topological polar surface area (TPSA) is 59.2 Å². The highest BCUT2D eigenvalue weighted by molar-refractivity contribution is 6.05. The number of carbonyl (C=O) groups is 1. The number of piperidine rings is 1. The number of hydrogen-bond acceptors (Lipinski definition) is 3. The number of pyridine rings is 1. The van der Waals surface area contributed by atoms with Crippen molar-refractivity contribution in [1.82, 2.24) is 9.88 Å². The second-order valence-corrected chi connectivity index (χ2v) is 5.61. The van der Waals surface area contributed by atoms with E-state index in [1.165, 1.54) is 6.42 Å². The molecule has 1 aliphatic rings. The van der Waals surface area contributed by atoms with E-state index in [2.05, 4.69) is 4.98 Å². The first kappa shape index (κ1) is 19.7. The number of hydrogen-bond donors (Lipinski definition) is 1. The van der Waals surface area contributed by atoms with E-state index in [0.29, 0.717) is 12.1 Å². The molecular weight excluding hydrogens is 333 g/mol. The van der Waals surface area contributed by atoms with Crippen molar-refractivity contribution < 1.29 is 4.79 Å². The minimum atomic E-state index is 0. The van der Waals surface area contributed by atoms with Crippen molar-refractivity contribution >= 4 is 41.6 Å². The van der Waals surface area contributed by atoms with Crippen molar-refractivity contribution in [3.8, 4) is 0 Å². The molecule has 1 aliphatic heterocycles. The summed E-state index contributed by atoms with van der Waals surface area (Å²) in [4.78, 5) is 19.3. The first-order valence-electron chi connectivity index (χ1n) is 7.66. The third-order valence-electron chi connectivity index (χ3n) is 4.25. The Labute approximate surface area is 149 Å². The van der Waals surface area contributed by atoms with E-state index in [-0.39, 0.29) is 36.8 Å². The van der Waals surface area contributed by atoms with E-state index in [1.807, 2.05) is 35.2 Å². The Morgan fingerprint density at radius 2 is 2.00 bits per heavy atom. The average Bonchev–Trinajstić information content (AvgIpc) is 2.54. The van der Waals surface area contributed by atoms with Crippen molar-refractivity contribution in [2.24, 2.45) is 5.73 Å². The predicted octanol–water partition coefficient (Wildman–Crippen LogP) is 3.42. The van der Waals surface area contributed by atoms with Crippen LogP contribution in [0.3, 0.4) is 0 Å². The molecule has 3 rings (SSSR count). The predicted molar refractivity (Wildman–Crippen MR) is 98.6 cm³/mol. The fourth-order valence-corrected chi connectivity index (χ4v) is 3.19. The second kappa shape index (κ2) is 9.06. The van der Waals surface area contributed by atoms with Crippen LogP contribution in [-0.2, 0) is 0 Å². The summed E-state index contributed by atoms with van der Waals surface area (Å²) in [5, 5.41) is 1.01. The molecule has 0 saturated carbocycles. The van der Waals surface area contributed by atoms with Crippen LogP contribution in [0.5, 0.6) is 0 Å². The highest BCUT2D eigenvalue weighted by Crippen LogP contribution is 2.24. The Balaban J connectivity index is 0.00000132. The van der Waals surface area contributed by atoms with Crippen LogP contribution in [0, 0.1) is 0 Å². The van der Waals surface area contributed by atoms with E-state index in [1.54, 1.807) is 6.20 Å². The first-order valence-corrected chi connectivity index (χ1v) is 7.66. The highest BCUT2D eigenvalue weighted by atomic mass is 35.5. The molecule has 0 spiro atoms. The first-order chi connectivity index (χ1) is 10.3. The van der Waals surface area contributed by atoms with Crippen molar-refractivity contribution in [1.29, 1.82) is 0 Å². The van der Waals surface area contributed by atoms with Gasteiger partial charge in [0.1, 0.15) is 0 Å². The molecule has 1 atom stereocenters. The van der Waals surface area contributed by atoms with Crippen LogP contribution >= 0.6 is 24.8 Å². The number of fused-ring (bicyclic) bond motifs is 1. The molecule has 1 fully saturated rings. The lowest BCUT2D eigenvalue weighted by Crippen LogP contribution is -2.44. The number of amides is 1. The number of aromatic nitrogens is 1. The van der Waals surface area contributed by atoms with Gasteiger partial charge in [-0.2, -0.15) is 0 Å². The Kier molecular flexibility index (Phi) is 7.76. The van der Waals surface area contributed by atoms with Gasteiger partial charge >= 0.3 is 0 Å². The van der Waals surface area contributed by atoms with Crippen LogP contribution in [0.2, 0.25) is 0 Å². The van der Waals surface area contributed by atoms with Crippen molar-refractivity contribution in [2.45, 2.75) is 31.7 Å². The number of carbonyl (C=O) groups excluding carboxylic acids is 1. The van der Waals surface area contributed by atoms with E-state index in [9.17, 15) is 4.79 Å². The number of nitrogens with two attached hydrogens (primary N) is 1. The molecule has 1 aromatic carbocycles. The zero-order valence-corrected chi connectivity index (χ0v) is 14.6. The summed E-state index contributed by atoms with van der Waals surface area (Å²) >= 11 is 0. The molecule has 23 heavy (non-hydrogen) atoms. The molecule has 2 N–H and O–H groups in total. The fraction of sp³-hybridized carbons (Fsp3) is 0.412. The molecule has 126 valence electrons. The zero-order valence-electron chi connectivity index (χ0n) is 13.0. The van der Waals surface area contributed by atoms with Crippen LogP contribution in [-0.4, -0.2) is 34.9 Å². The van der Waals surface area contributed by atoms with E-state index in [0.717, 1.165) is 36.7 Å². The summed E-state index contributed by atoms with van der Waals surface area (Å²) in [5.41, 5.74) is 7.20. The van der Waals surface area contributed by atoms with Crippen LogP contribution in [0.4, 0.5) is 0 Å². The summed E-state index contributed by atoms with van der Waals surface area (Å²) in [6.45, 7) is 1.45. The fourth-order valence-electron chi connectivity index (χ4n) is 3.19. The van der Waals surface area contributed by atoms with Gasteiger partial charge in [0.2, 0.25) is 0 Å². The maximum atomic E-state index is 12.9. The average molecular weight is 356 g/mol. The summed E-state index contributed by atoms with van der Waals surface area (Å²) in [7, 11) is 0. The van der Waals surface area contributed by atoms with E-state index >= 15 is 0 Å². The molecule has 2 aromatic rings. The summed E-state index contributed by atoms with van der Waals surface area (Å²) in [6.07, 6.45) is 5.94. The summed E-state index contributed by atoms with van der Waals surface area (Å²) in [6, 6.07) is 9.97.